The summed E-state index contributed by atoms with van der Waals surface area (Å²) in [6.45, 7) is 0. The van der Waals surface area contributed by atoms with Crippen molar-refractivity contribution in [3.8, 4) is 0 Å². The maximum absolute atomic E-state index is 10.6. The fourth-order valence-electron chi connectivity index (χ4n) is 0.763. The maximum atomic E-state index is 10.6. The Morgan fingerprint density at radius 1 is 1.58 bits per heavy atom. The van der Waals surface area contributed by atoms with E-state index in [1.807, 2.05) is 0 Å². The maximum Gasteiger partial charge on any atom is 0.247 e. The molecule has 5 heteroatoms. The molecule has 0 aliphatic rings. The van der Waals surface area contributed by atoms with Crippen molar-refractivity contribution >= 4 is 5.70 Å². The molecule has 0 aliphatic heterocycles. The summed E-state index contributed by atoms with van der Waals surface area (Å²) in [4.78, 5) is 13.1. The molecule has 1 heterocycles. The summed E-state index contributed by atoms with van der Waals surface area (Å²) in [6.07, 6.45) is 2.96. The number of H-pyrrole nitrogens is 1. The van der Waals surface area contributed by atoms with Crippen LogP contribution in [0.1, 0.15) is 5.56 Å². The van der Waals surface area contributed by atoms with Crippen LogP contribution in [0.2, 0.25) is 0 Å². The van der Waals surface area contributed by atoms with Gasteiger partial charge in [-0.15, -0.1) is 0 Å². The van der Waals surface area contributed by atoms with E-state index in [-0.39, 0.29) is 5.56 Å². The standard InChI is InChI=1S/C7H10N4O/c8-6(4-11-9)5-1-2-7(12)10-3-5/h1-4,11H,8-9H2,(H,10,12)/b6-4-. The van der Waals surface area contributed by atoms with Gasteiger partial charge in [-0.2, -0.15) is 0 Å². The topological polar surface area (TPSA) is 96.9 Å². The molecule has 1 aromatic heterocycles. The predicted molar refractivity (Wildman–Crippen MR) is 46.6 cm³/mol. The average Bonchev–Trinajstić information content (AvgIpc) is 2.06. The van der Waals surface area contributed by atoms with Crippen LogP contribution in [-0.2, 0) is 0 Å². The van der Waals surface area contributed by atoms with Gasteiger partial charge in [0, 0.05) is 24.0 Å². The van der Waals surface area contributed by atoms with Crippen molar-refractivity contribution in [3.63, 3.8) is 0 Å². The molecule has 5 nitrogen and oxygen atoms in total. The highest BCUT2D eigenvalue weighted by atomic mass is 16.1. The molecular formula is C7H10N4O. The second-order valence-electron chi connectivity index (χ2n) is 2.21. The fraction of sp³-hybridized carbons (Fsp3) is 0. The third-order valence-corrected chi connectivity index (χ3v) is 1.36. The summed E-state index contributed by atoms with van der Waals surface area (Å²) in [5, 5.41) is 0. The van der Waals surface area contributed by atoms with Crippen molar-refractivity contribution in [1.82, 2.24) is 10.4 Å². The number of pyridine rings is 1. The molecule has 0 aliphatic carbocycles. The Morgan fingerprint density at radius 2 is 2.33 bits per heavy atom. The lowest BCUT2D eigenvalue weighted by Crippen LogP contribution is -2.16. The first-order valence-corrected chi connectivity index (χ1v) is 3.35. The van der Waals surface area contributed by atoms with Gasteiger partial charge in [-0.25, -0.2) is 0 Å². The lowest BCUT2D eigenvalue weighted by Gasteiger charge is -1.99. The van der Waals surface area contributed by atoms with E-state index in [4.69, 9.17) is 11.6 Å². The van der Waals surface area contributed by atoms with Gasteiger partial charge < -0.3 is 16.1 Å². The van der Waals surface area contributed by atoms with Crippen molar-refractivity contribution in [2.45, 2.75) is 0 Å². The van der Waals surface area contributed by atoms with Gasteiger partial charge in [-0.05, 0) is 6.07 Å². The molecule has 0 spiro atoms. The second-order valence-corrected chi connectivity index (χ2v) is 2.21. The van der Waals surface area contributed by atoms with Gasteiger partial charge in [0.25, 0.3) is 0 Å². The van der Waals surface area contributed by atoms with Crippen LogP contribution in [-0.4, -0.2) is 4.98 Å². The van der Waals surface area contributed by atoms with Crippen molar-refractivity contribution in [2.75, 3.05) is 0 Å². The first kappa shape index (κ1) is 8.35. The van der Waals surface area contributed by atoms with E-state index in [9.17, 15) is 4.79 Å². The molecule has 0 atom stereocenters. The van der Waals surface area contributed by atoms with Crippen molar-refractivity contribution in [1.29, 1.82) is 0 Å². The van der Waals surface area contributed by atoms with E-state index in [1.165, 1.54) is 18.5 Å². The highest BCUT2D eigenvalue weighted by Gasteiger charge is 1.93. The molecule has 0 amide bonds. The number of aromatic nitrogens is 1. The van der Waals surface area contributed by atoms with Gasteiger partial charge in [0.05, 0.1) is 5.70 Å². The smallest absolute Gasteiger partial charge is 0.247 e. The summed E-state index contributed by atoms with van der Waals surface area (Å²) >= 11 is 0. The summed E-state index contributed by atoms with van der Waals surface area (Å²) in [7, 11) is 0. The van der Waals surface area contributed by atoms with Crippen LogP contribution >= 0.6 is 0 Å². The van der Waals surface area contributed by atoms with E-state index in [1.54, 1.807) is 6.07 Å². The Labute approximate surface area is 69.1 Å². The van der Waals surface area contributed by atoms with Crippen LogP contribution in [0.25, 0.3) is 5.70 Å². The molecule has 0 bridgehead atoms. The minimum absolute atomic E-state index is 0.160. The largest absolute Gasteiger partial charge is 0.397 e. The zero-order valence-corrected chi connectivity index (χ0v) is 6.37. The molecule has 12 heavy (non-hydrogen) atoms. The van der Waals surface area contributed by atoms with E-state index >= 15 is 0 Å². The minimum Gasteiger partial charge on any atom is -0.397 e. The molecule has 0 saturated carbocycles. The highest BCUT2D eigenvalue weighted by molar-refractivity contribution is 5.60. The van der Waals surface area contributed by atoms with Gasteiger partial charge in [-0.3, -0.25) is 10.6 Å². The monoisotopic (exact) mass is 166 g/mol. The predicted octanol–water partition coefficient (Wildman–Crippen LogP) is -0.905. The molecule has 1 aromatic rings. The van der Waals surface area contributed by atoms with E-state index in [0.717, 1.165) is 0 Å². The van der Waals surface area contributed by atoms with Crippen LogP contribution in [0.3, 0.4) is 0 Å². The van der Waals surface area contributed by atoms with Crippen LogP contribution in [0.4, 0.5) is 0 Å². The quantitative estimate of drug-likeness (QED) is 0.338. The average molecular weight is 166 g/mol. The summed E-state index contributed by atoms with van der Waals surface area (Å²) < 4.78 is 0. The molecule has 0 fully saturated rings. The third kappa shape index (κ3) is 1.86. The number of nitrogens with one attached hydrogen (secondary N) is 2. The molecular weight excluding hydrogens is 156 g/mol. The normalized spacial score (nSPS) is 11.2. The first-order valence-electron chi connectivity index (χ1n) is 3.35. The van der Waals surface area contributed by atoms with Gasteiger partial charge in [0.2, 0.25) is 5.56 Å². The second kappa shape index (κ2) is 3.59. The number of hydrogen-bond acceptors (Lipinski definition) is 4. The fourth-order valence-corrected chi connectivity index (χ4v) is 0.763. The highest BCUT2D eigenvalue weighted by Crippen LogP contribution is 2.02. The summed E-state index contributed by atoms with van der Waals surface area (Å²) in [5.41, 5.74) is 8.88. The van der Waals surface area contributed by atoms with E-state index in [0.29, 0.717) is 11.3 Å². The van der Waals surface area contributed by atoms with Gasteiger partial charge in [0.15, 0.2) is 0 Å². The molecule has 64 valence electrons. The molecule has 0 radical (unpaired) electrons. The molecule has 0 saturated heterocycles. The number of hydrazine groups is 1. The van der Waals surface area contributed by atoms with E-state index in [2.05, 4.69) is 10.4 Å². The Kier molecular flexibility index (Phi) is 2.49. The molecule has 1 rings (SSSR count). The Hall–Kier alpha value is -1.75. The van der Waals surface area contributed by atoms with Gasteiger partial charge in [-0.1, -0.05) is 0 Å². The SMILES string of the molecule is NN/C=C(\N)c1ccc(=O)[nH]c1. The van der Waals surface area contributed by atoms with Crippen LogP contribution in [0.15, 0.2) is 29.3 Å². The van der Waals surface area contributed by atoms with Gasteiger partial charge >= 0.3 is 0 Å². The Bertz CT molecular complexity index is 321. The molecule has 0 unspecified atom stereocenters. The van der Waals surface area contributed by atoms with Crippen molar-refractivity contribution in [3.05, 3.63) is 40.4 Å². The van der Waals surface area contributed by atoms with Crippen LogP contribution < -0.4 is 22.6 Å². The van der Waals surface area contributed by atoms with Crippen molar-refractivity contribution in [2.24, 2.45) is 11.6 Å². The summed E-state index contributed by atoms with van der Waals surface area (Å²) in [6, 6.07) is 3.01. The zero-order chi connectivity index (χ0) is 8.97. The first-order chi connectivity index (χ1) is 5.74. The Morgan fingerprint density at radius 3 is 2.83 bits per heavy atom. The lowest BCUT2D eigenvalue weighted by atomic mass is 10.2. The molecule has 0 aromatic carbocycles. The molecule has 6 N–H and O–H groups in total. The third-order valence-electron chi connectivity index (χ3n) is 1.36. The number of hydrogen-bond donors (Lipinski definition) is 4. The van der Waals surface area contributed by atoms with E-state index < -0.39 is 0 Å². The van der Waals surface area contributed by atoms with Gasteiger partial charge in [0.1, 0.15) is 0 Å². The number of rotatable bonds is 2. The van der Waals surface area contributed by atoms with Crippen LogP contribution in [0.5, 0.6) is 0 Å². The lowest BCUT2D eigenvalue weighted by molar-refractivity contribution is 0.966. The summed E-state index contributed by atoms with van der Waals surface area (Å²) in [5.74, 6) is 5.02. The number of aromatic amines is 1. The minimum atomic E-state index is -0.160. The van der Waals surface area contributed by atoms with Crippen molar-refractivity contribution < 1.29 is 0 Å². The van der Waals surface area contributed by atoms with Crippen LogP contribution in [0, 0.1) is 0 Å². The number of nitrogens with two attached hydrogens (primary N) is 2. The Balaban J connectivity index is 2.97. The zero-order valence-electron chi connectivity index (χ0n) is 6.37.